The van der Waals surface area contributed by atoms with Crippen LogP contribution < -0.4 is 21.3 Å². The van der Waals surface area contributed by atoms with E-state index >= 15 is 0 Å². The highest BCUT2D eigenvalue weighted by atomic mass is 32.2. The predicted octanol–water partition coefficient (Wildman–Crippen LogP) is 4.80. The lowest BCUT2D eigenvalue weighted by atomic mass is 10.2. The highest BCUT2D eigenvalue weighted by molar-refractivity contribution is 8.09. The Morgan fingerprint density at radius 2 is 2.03 bits per heavy atom. The first kappa shape index (κ1) is 26.1. The zero-order valence-corrected chi connectivity index (χ0v) is 23.2. The van der Waals surface area contributed by atoms with Crippen LogP contribution in [0.4, 0.5) is 16.4 Å². The summed E-state index contributed by atoms with van der Waals surface area (Å²) in [5.74, 6) is -0.133. The zero-order valence-electron chi connectivity index (χ0n) is 21.5. The van der Waals surface area contributed by atoms with Crippen LogP contribution >= 0.6 is 23.1 Å². The van der Waals surface area contributed by atoms with Crippen molar-refractivity contribution in [3.8, 4) is 0 Å². The molecule has 1 amide bonds. The third kappa shape index (κ3) is 5.81. The Kier molecular flexibility index (Phi) is 8.18. The summed E-state index contributed by atoms with van der Waals surface area (Å²) in [6.07, 6.45) is 5.99. The Morgan fingerprint density at radius 1 is 1.18 bits per heavy atom. The standard InChI is InChI=1S/C27H31N7O2S2/c1-28-19-8-4-5-9-20(19)31-26(35)22-10-11-24(37-22)32-27-30-16-23(38-27)21-15-29-25-18(7-6-12-34(21)25)17-33(2)13-14-36-3/h4-12,15-16,27-28,30,32H,13-14,17H2,1-3H3,(H,31,35). The van der Waals surface area contributed by atoms with E-state index < -0.39 is 0 Å². The Hall–Kier alpha value is -3.51. The molecule has 3 aromatic heterocycles. The number of pyridine rings is 1. The summed E-state index contributed by atoms with van der Waals surface area (Å²) in [5, 5.41) is 13.9. The highest BCUT2D eigenvalue weighted by Gasteiger charge is 2.22. The number of methoxy groups -OCH3 is 1. The van der Waals surface area contributed by atoms with E-state index in [4.69, 9.17) is 9.72 Å². The molecule has 5 rings (SSSR count). The molecule has 0 saturated heterocycles. The highest BCUT2D eigenvalue weighted by Crippen LogP contribution is 2.36. The van der Waals surface area contributed by atoms with Gasteiger partial charge in [0, 0.05) is 45.2 Å². The van der Waals surface area contributed by atoms with E-state index in [0.29, 0.717) is 11.5 Å². The van der Waals surface area contributed by atoms with Crippen molar-refractivity contribution in [2.75, 3.05) is 50.3 Å². The lowest BCUT2D eigenvalue weighted by Crippen LogP contribution is -2.24. The van der Waals surface area contributed by atoms with Gasteiger partial charge in [-0.05, 0) is 37.4 Å². The van der Waals surface area contributed by atoms with Gasteiger partial charge in [-0.1, -0.05) is 30.0 Å². The average Bonchev–Trinajstić information content (AvgIpc) is 3.68. The summed E-state index contributed by atoms with van der Waals surface area (Å²) in [4.78, 5) is 21.5. The smallest absolute Gasteiger partial charge is 0.265 e. The van der Waals surface area contributed by atoms with Gasteiger partial charge in [-0.3, -0.25) is 14.1 Å². The number of rotatable bonds is 11. The fourth-order valence-electron chi connectivity index (χ4n) is 4.20. The SMILES string of the molecule is CNc1ccccc1NC(=O)c1ccc(NC2NC=C(c3cnc4c(CN(C)CCOC)cccn34)S2)s1. The molecule has 1 atom stereocenters. The number of para-hydroxylation sites is 2. The number of anilines is 3. The average molecular weight is 550 g/mol. The van der Waals surface area contributed by atoms with Crippen molar-refractivity contribution in [1.82, 2.24) is 19.6 Å². The zero-order chi connectivity index (χ0) is 26.5. The van der Waals surface area contributed by atoms with E-state index in [-0.39, 0.29) is 11.4 Å². The maximum atomic E-state index is 12.8. The number of benzene rings is 1. The number of likely N-dealkylation sites (N-methyl/N-ethyl adjacent to an activating group) is 1. The fraction of sp³-hybridized carbons (Fsp3) is 0.259. The van der Waals surface area contributed by atoms with E-state index in [9.17, 15) is 4.79 Å². The molecule has 9 nitrogen and oxygen atoms in total. The first-order valence-corrected chi connectivity index (χ1v) is 14.0. The minimum absolute atomic E-state index is 0.0570. The maximum Gasteiger partial charge on any atom is 0.265 e. The number of amides is 1. The van der Waals surface area contributed by atoms with Crippen molar-refractivity contribution < 1.29 is 9.53 Å². The van der Waals surface area contributed by atoms with Gasteiger partial charge < -0.3 is 26.0 Å². The van der Waals surface area contributed by atoms with E-state index in [2.05, 4.69) is 55.9 Å². The molecule has 11 heteroatoms. The molecule has 1 aromatic carbocycles. The number of ether oxygens (including phenoxy) is 1. The molecule has 0 fully saturated rings. The summed E-state index contributed by atoms with van der Waals surface area (Å²) in [7, 11) is 5.64. The van der Waals surface area contributed by atoms with Crippen LogP contribution in [0.5, 0.6) is 0 Å². The minimum atomic E-state index is -0.133. The quantitative estimate of drug-likeness (QED) is 0.212. The summed E-state index contributed by atoms with van der Waals surface area (Å²) in [6.45, 7) is 2.36. The predicted molar refractivity (Wildman–Crippen MR) is 158 cm³/mol. The van der Waals surface area contributed by atoms with Crippen molar-refractivity contribution in [3.63, 3.8) is 0 Å². The molecular formula is C27H31N7O2S2. The number of nitrogens with one attached hydrogen (secondary N) is 4. The van der Waals surface area contributed by atoms with Crippen LogP contribution in [0.1, 0.15) is 20.9 Å². The van der Waals surface area contributed by atoms with Gasteiger partial charge in [0.15, 0.2) is 5.50 Å². The lowest BCUT2D eigenvalue weighted by molar-refractivity contribution is 0.103. The molecule has 0 bridgehead atoms. The van der Waals surface area contributed by atoms with Gasteiger partial charge in [-0.15, -0.1) is 11.3 Å². The van der Waals surface area contributed by atoms with Crippen LogP contribution in [-0.4, -0.2) is 60.0 Å². The van der Waals surface area contributed by atoms with Crippen LogP contribution in [0.3, 0.4) is 0 Å². The first-order valence-electron chi connectivity index (χ1n) is 12.3. The number of carbonyl (C=O) groups excluding carboxylic acids is 1. The molecule has 38 heavy (non-hydrogen) atoms. The summed E-state index contributed by atoms with van der Waals surface area (Å²) >= 11 is 3.11. The van der Waals surface area contributed by atoms with Crippen molar-refractivity contribution >= 4 is 55.9 Å². The number of fused-ring (bicyclic) bond motifs is 1. The van der Waals surface area contributed by atoms with Crippen molar-refractivity contribution in [1.29, 1.82) is 0 Å². The third-order valence-electron chi connectivity index (χ3n) is 6.14. The Morgan fingerprint density at radius 3 is 2.84 bits per heavy atom. The van der Waals surface area contributed by atoms with Crippen LogP contribution in [0.2, 0.25) is 0 Å². The number of carbonyl (C=O) groups is 1. The van der Waals surface area contributed by atoms with Gasteiger partial charge in [0.1, 0.15) is 5.65 Å². The summed E-state index contributed by atoms with van der Waals surface area (Å²) in [5.41, 5.74) is 4.74. The molecule has 0 spiro atoms. The van der Waals surface area contributed by atoms with Gasteiger partial charge in [0.2, 0.25) is 0 Å². The second-order valence-electron chi connectivity index (χ2n) is 8.83. The van der Waals surface area contributed by atoms with Gasteiger partial charge in [0.25, 0.3) is 5.91 Å². The van der Waals surface area contributed by atoms with E-state index in [0.717, 1.165) is 45.7 Å². The summed E-state index contributed by atoms with van der Waals surface area (Å²) < 4.78 is 7.34. The van der Waals surface area contributed by atoms with E-state index in [1.165, 1.54) is 16.9 Å². The third-order valence-corrected chi connectivity index (χ3v) is 8.23. The Balaban J connectivity index is 1.21. The van der Waals surface area contributed by atoms with Crippen LogP contribution in [0, 0.1) is 0 Å². The number of imidazole rings is 1. The molecule has 0 aliphatic carbocycles. The number of thioether (sulfide) groups is 1. The molecule has 1 aliphatic rings. The molecule has 4 aromatic rings. The Bertz CT molecular complexity index is 1450. The second-order valence-corrected chi connectivity index (χ2v) is 11.1. The van der Waals surface area contributed by atoms with Crippen LogP contribution in [-0.2, 0) is 11.3 Å². The monoisotopic (exact) mass is 549 g/mol. The molecule has 198 valence electrons. The largest absolute Gasteiger partial charge is 0.386 e. The second kappa shape index (κ2) is 11.9. The Labute approximate surface area is 230 Å². The van der Waals surface area contributed by atoms with Crippen molar-refractivity contribution in [2.45, 2.75) is 12.0 Å². The number of aromatic nitrogens is 2. The molecule has 4 N–H and O–H groups in total. The number of nitrogens with zero attached hydrogens (tertiary/aromatic N) is 3. The number of hydrogen-bond acceptors (Lipinski definition) is 9. The maximum absolute atomic E-state index is 12.8. The molecule has 1 unspecified atom stereocenters. The van der Waals surface area contributed by atoms with Gasteiger partial charge in [0.05, 0.1) is 44.7 Å². The van der Waals surface area contributed by atoms with Crippen LogP contribution in [0.25, 0.3) is 10.6 Å². The van der Waals surface area contributed by atoms with E-state index in [1.54, 1.807) is 18.9 Å². The topological polar surface area (TPSA) is 95.0 Å². The number of hydrogen-bond donors (Lipinski definition) is 4. The number of thiophene rings is 1. The lowest BCUT2D eigenvalue weighted by Gasteiger charge is -2.16. The van der Waals surface area contributed by atoms with Crippen molar-refractivity contribution in [3.05, 3.63) is 83.3 Å². The summed E-state index contributed by atoms with van der Waals surface area (Å²) in [6, 6.07) is 15.6. The fourth-order valence-corrected chi connectivity index (χ4v) is 6.09. The van der Waals surface area contributed by atoms with Crippen LogP contribution in [0.15, 0.2) is 67.1 Å². The molecule has 0 radical (unpaired) electrons. The molecular weight excluding hydrogens is 518 g/mol. The van der Waals surface area contributed by atoms with E-state index in [1.807, 2.05) is 55.8 Å². The van der Waals surface area contributed by atoms with Gasteiger partial charge in [-0.25, -0.2) is 4.98 Å². The normalized spacial score (nSPS) is 14.9. The molecule has 1 aliphatic heterocycles. The molecule has 0 saturated carbocycles. The van der Waals surface area contributed by atoms with Gasteiger partial charge in [-0.2, -0.15) is 0 Å². The first-order chi connectivity index (χ1) is 18.6. The molecule has 4 heterocycles. The minimum Gasteiger partial charge on any atom is -0.386 e. The van der Waals surface area contributed by atoms with Gasteiger partial charge >= 0.3 is 0 Å². The van der Waals surface area contributed by atoms with Crippen molar-refractivity contribution in [2.24, 2.45) is 0 Å².